The summed E-state index contributed by atoms with van der Waals surface area (Å²) in [6, 6.07) is 4.77. The van der Waals surface area contributed by atoms with Crippen molar-refractivity contribution >= 4 is 18.7 Å². The molecule has 2 aromatic rings. The first-order valence-corrected chi connectivity index (χ1v) is 8.29. The van der Waals surface area contributed by atoms with Crippen LogP contribution >= 0.6 is 7.82 Å². The Morgan fingerprint density at radius 3 is 3.19 bits per heavy atom. The van der Waals surface area contributed by atoms with Crippen molar-refractivity contribution in [2.75, 3.05) is 13.5 Å². The number of likely N-dealkylation sites (N-methyl/N-ethyl adjacent to an activating group) is 1. The third kappa shape index (κ3) is 3.14. The Labute approximate surface area is 127 Å². The van der Waals surface area contributed by atoms with Gasteiger partial charge in [-0.25, -0.2) is 4.57 Å². The van der Waals surface area contributed by atoms with Gasteiger partial charge in [0.25, 0.3) is 0 Å². The number of hydrogen-bond donors (Lipinski definition) is 3. The van der Waals surface area contributed by atoms with E-state index < -0.39 is 14.8 Å². The summed E-state index contributed by atoms with van der Waals surface area (Å²) in [5, 5.41) is 0.582. The molecule has 0 saturated carbocycles. The van der Waals surface area contributed by atoms with E-state index in [1.54, 1.807) is 18.3 Å². The van der Waals surface area contributed by atoms with Crippen LogP contribution in [0, 0.1) is 0 Å². The summed E-state index contributed by atoms with van der Waals surface area (Å²) >= 11 is 0. The molecule has 1 fully saturated rings. The Balaban J connectivity index is 1.94. The standard InChI is InChI=1S/C14H19N2O4P/c1-16-7-3-4-11(16)8-10-9-15-12-5-2-6-13(14(10)12)20-21(17,18)19/h2,5-6,9,11,15H,3-4,7-8H2,1H3,(H2,17,18,19)/t11-/m0/s1/i1D3. The fourth-order valence-corrected chi connectivity index (χ4v) is 3.29. The van der Waals surface area contributed by atoms with Crippen molar-refractivity contribution in [1.29, 1.82) is 0 Å². The number of aromatic amines is 1. The topological polar surface area (TPSA) is 85.8 Å². The Bertz CT molecular complexity index is 786. The van der Waals surface area contributed by atoms with Crippen LogP contribution in [0.3, 0.4) is 0 Å². The van der Waals surface area contributed by atoms with Gasteiger partial charge in [0.2, 0.25) is 0 Å². The quantitative estimate of drug-likeness (QED) is 0.754. The smallest absolute Gasteiger partial charge is 0.404 e. The number of rotatable bonds is 4. The van der Waals surface area contributed by atoms with Gasteiger partial charge in [0.05, 0.1) is 0 Å². The summed E-state index contributed by atoms with van der Waals surface area (Å²) in [6.07, 6.45) is 3.80. The molecule has 1 saturated heterocycles. The second kappa shape index (κ2) is 5.46. The second-order valence-corrected chi connectivity index (χ2v) is 6.43. The van der Waals surface area contributed by atoms with E-state index in [1.165, 1.54) is 11.0 Å². The molecule has 1 aliphatic rings. The number of H-pyrrole nitrogens is 1. The molecule has 0 unspecified atom stereocenters. The first kappa shape index (κ1) is 11.3. The van der Waals surface area contributed by atoms with E-state index in [0.717, 1.165) is 18.4 Å². The summed E-state index contributed by atoms with van der Waals surface area (Å²) in [6.45, 7) is -1.62. The summed E-state index contributed by atoms with van der Waals surface area (Å²) in [5.41, 5.74) is 1.48. The molecule has 0 aliphatic carbocycles. The molecule has 2 heterocycles. The van der Waals surface area contributed by atoms with E-state index in [0.29, 0.717) is 23.9 Å². The fourth-order valence-electron chi connectivity index (χ4n) is 2.89. The molecular weight excluding hydrogens is 291 g/mol. The zero-order valence-electron chi connectivity index (χ0n) is 14.3. The van der Waals surface area contributed by atoms with Gasteiger partial charge >= 0.3 is 7.82 Å². The molecule has 0 bridgehead atoms. The lowest BCUT2D eigenvalue weighted by Crippen LogP contribution is -2.26. The van der Waals surface area contributed by atoms with Gasteiger partial charge in [-0.15, -0.1) is 0 Å². The minimum absolute atomic E-state index is 0.0931. The zero-order chi connectivity index (χ0) is 17.5. The SMILES string of the molecule is [2H]C([2H])([2H])N1CCC[C@H]1Cc1c[nH]c2cccc(OP(=O)(O)O)c12. The van der Waals surface area contributed by atoms with Crippen molar-refractivity contribution in [3.8, 4) is 5.75 Å². The summed E-state index contributed by atoms with van der Waals surface area (Å²) in [5.74, 6) is 0.0931. The highest BCUT2D eigenvalue weighted by molar-refractivity contribution is 7.46. The summed E-state index contributed by atoms with van der Waals surface area (Å²) < 4.78 is 38.9. The lowest BCUT2D eigenvalue weighted by Gasteiger charge is -2.19. The number of benzene rings is 1. The van der Waals surface area contributed by atoms with Crippen LogP contribution < -0.4 is 4.52 Å². The van der Waals surface area contributed by atoms with Gasteiger partial charge in [-0.1, -0.05) is 6.07 Å². The van der Waals surface area contributed by atoms with E-state index >= 15 is 0 Å². The van der Waals surface area contributed by atoms with Crippen molar-refractivity contribution in [1.82, 2.24) is 9.88 Å². The number of phosphoric ester groups is 1. The van der Waals surface area contributed by atoms with E-state index in [-0.39, 0.29) is 11.8 Å². The number of phosphoric acid groups is 1. The van der Waals surface area contributed by atoms with Gasteiger partial charge in [-0.2, -0.15) is 0 Å². The number of hydrogen-bond acceptors (Lipinski definition) is 3. The highest BCUT2D eigenvalue weighted by Crippen LogP contribution is 2.42. The first-order chi connectivity index (χ1) is 11.1. The van der Waals surface area contributed by atoms with Gasteiger partial charge in [0.15, 0.2) is 0 Å². The summed E-state index contributed by atoms with van der Waals surface area (Å²) in [4.78, 5) is 22.7. The maximum atomic E-state index is 11.2. The molecule has 114 valence electrons. The molecule has 0 radical (unpaired) electrons. The molecule has 21 heavy (non-hydrogen) atoms. The van der Waals surface area contributed by atoms with Crippen molar-refractivity contribution in [2.24, 2.45) is 0 Å². The van der Waals surface area contributed by atoms with Gasteiger partial charge < -0.3 is 14.4 Å². The second-order valence-electron chi connectivity index (χ2n) is 5.27. The van der Waals surface area contributed by atoms with E-state index in [1.807, 2.05) is 0 Å². The minimum Gasteiger partial charge on any atom is -0.404 e. The van der Waals surface area contributed by atoms with Crippen LogP contribution in [0.2, 0.25) is 0 Å². The number of fused-ring (bicyclic) bond motifs is 1. The average Bonchev–Trinajstić information content (AvgIpc) is 3.05. The normalized spacial score (nSPS) is 23.0. The van der Waals surface area contributed by atoms with Crippen LogP contribution in [-0.4, -0.2) is 39.2 Å². The van der Waals surface area contributed by atoms with E-state index in [9.17, 15) is 4.57 Å². The predicted molar refractivity (Wildman–Crippen MR) is 80.3 cm³/mol. The maximum Gasteiger partial charge on any atom is 0.524 e. The van der Waals surface area contributed by atoms with Crippen LogP contribution in [0.15, 0.2) is 24.4 Å². The lowest BCUT2D eigenvalue weighted by atomic mass is 10.0. The molecule has 3 rings (SSSR count). The fraction of sp³-hybridized carbons (Fsp3) is 0.429. The van der Waals surface area contributed by atoms with Gasteiger partial charge in [-0.05, 0) is 50.5 Å². The van der Waals surface area contributed by atoms with E-state index in [4.69, 9.17) is 18.4 Å². The van der Waals surface area contributed by atoms with Crippen LogP contribution in [0.1, 0.15) is 22.5 Å². The third-order valence-electron chi connectivity index (χ3n) is 3.80. The minimum atomic E-state index is -4.68. The Kier molecular flexibility index (Phi) is 2.93. The van der Waals surface area contributed by atoms with Crippen LogP contribution in [0.4, 0.5) is 0 Å². The number of likely N-dealkylation sites (tertiary alicyclic amines) is 1. The first-order valence-electron chi connectivity index (χ1n) is 8.26. The highest BCUT2D eigenvalue weighted by atomic mass is 31.2. The van der Waals surface area contributed by atoms with Crippen LogP contribution in [0.5, 0.6) is 5.75 Å². The molecule has 1 aromatic heterocycles. The average molecular weight is 313 g/mol. The highest BCUT2D eigenvalue weighted by Gasteiger charge is 2.24. The molecule has 1 atom stereocenters. The van der Waals surface area contributed by atoms with Crippen molar-refractivity contribution in [3.63, 3.8) is 0 Å². The summed E-state index contributed by atoms with van der Waals surface area (Å²) in [7, 11) is -4.68. The molecular formula is C14H19N2O4P. The number of nitrogens with zero attached hydrogens (tertiary/aromatic N) is 1. The molecule has 6 nitrogen and oxygen atoms in total. The Morgan fingerprint density at radius 2 is 2.43 bits per heavy atom. The maximum absolute atomic E-state index is 11.2. The van der Waals surface area contributed by atoms with Gasteiger partial charge in [0.1, 0.15) is 5.75 Å². The molecule has 0 spiro atoms. The number of aromatic nitrogens is 1. The van der Waals surface area contributed by atoms with E-state index in [2.05, 4.69) is 4.98 Å². The van der Waals surface area contributed by atoms with Gasteiger partial charge in [0, 0.05) is 27.3 Å². The monoisotopic (exact) mass is 313 g/mol. The van der Waals surface area contributed by atoms with Crippen molar-refractivity contribution < 1.29 is 23.0 Å². The third-order valence-corrected chi connectivity index (χ3v) is 4.23. The molecule has 7 heteroatoms. The molecule has 1 aliphatic heterocycles. The number of nitrogens with one attached hydrogen (secondary N) is 1. The van der Waals surface area contributed by atoms with Crippen LogP contribution in [-0.2, 0) is 11.0 Å². The zero-order valence-corrected chi connectivity index (χ0v) is 12.2. The van der Waals surface area contributed by atoms with Crippen LogP contribution in [0.25, 0.3) is 10.9 Å². The van der Waals surface area contributed by atoms with Gasteiger partial charge in [-0.3, -0.25) is 9.79 Å². The molecule has 3 N–H and O–H groups in total. The lowest BCUT2D eigenvalue weighted by molar-refractivity contribution is 0.284. The molecule has 1 aromatic carbocycles. The van der Waals surface area contributed by atoms with Crippen molar-refractivity contribution in [2.45, 2.75) is 25.3 Å². The largest absolute Gasteiger partial charge is 0.524 e. The Morgan fingerprint density at radius 1 is 1.57 bits per heavy atom. The predicted octanol–water partition coefficient (Wildman–Crippen LogP) is 2.28. The molecule has 0 amide bonds. The van der Waals surface area contributed by atoms with Crippen molar-refractivity contribution in [3.05, 3.63) is 30.0 Å². The Hall–Kier alpha value is -1.33.